The second kappa shape index (κ2) is 6.09. The summed E-state index contributed by atoms with van der Waals surface area (Å²) in [5.74, 6) is -0.862. The summed E-state index contributed by atoms with van der Waals surface area (Å²) in [4.78, 5) is 11.5. The first-order chi connectivity index (χ1) is 9.58. The standard InChI is InChI=1S/C16H22N2O2/c1-3-7-18-10-12(5-4-6-17)13-8-11(2)9-14(15(13)18)16(19)20/h8-10H,3-7,17H2,1-2H3,(H,19,20). The Bertz CT molecular complexity index is 629. The highest BCUT2D eigenvalue weighted by Crippen LogP contribution is 2.28. The van der Waals surface area contributed by atoms with Crippen LogP contribution in [0.15, 0.2) is 18.3 Å². The molecule has 0 spiro atoms. The Balaban J connectivity index is 2.68. The van der Waals surface area contributed by atoms with Gasteiger partial charge in [0.2, 0.25) is 0 Å². The van der Waals surface area contributed by atoms with Gasteiger partial charge in [0.25, 0.3) is 0 Å². The number of nitrogens with two attached hydrogens (primary N) is 1. The molecule has 0 saturated carbocycles. The number of aromatic nitrogens is 1. The number of fused-ring (bicyclic) bond motifs is 1. The number of rotatable bonds is 6. The van der Waals surface area contributed by atoms with Crippen molar-refractivity contribution in [1.29, 1.82) is 0 Å². The van der Waals surface area contributed by atoms with Crippen molar-refractivity contribution in [2.24, 2.45) is 5.73 Å². The lowest BCUT2D eigenvalue weighted by Gasteiger charge is -2.07. The van der Waals surface area contributed by atoms with Crippen LogP contribution in [0.3, 0.4) is 0 Å². The molecule has 2 rings (SSSR count). The molecule has 4 nitrogen and oxygen atoms in total. The number of hydrogen-bond acceptors (Lipinski definition) is 2. The van der Waals surface area contributed by atoms with Crippen LogP contribution in [-0.4, -0.2) is 22.2 Å². The first-order valence-corrected chi connectivity index (χ1v) is 7.14. The zero-order valence-corrected chi connectivity index (χ0v) is 12.1. The normalized spacial score (nSPS) is 11.2. The van der Waals surface area contributed by atoms with E-state index in [2.05, 4.69) is 23.8 Å². The molecule has 1 aromatic carbocycles. The van der Waals surface area contributed by atoms with Gasteiger partial charge in [0, 0.05) is 18.1 Å². The van der Waals surface area contributed by atoms with Crippen molar-refractivity contribution < 1.29 is 9.90 Å². The molecule has 0 bridgehead atoms. The molecule has 0 aliphatic carbocycles. The van der Waals surface area contributed by atoms with Gasteiger partial charge in [0.05, 0.1) is 11.1 Å². The third-order valence-electron chi connectivity index (χ3n) is 3.54. The average Bonchev–Trinajstić information content (AvgIpc) is 2.74. The molecule has 1 heterocycles. The molecule has 0 aliphatic heterocycles. The van der Waals surface area contributed by atoms with Crippen LogP contribution in [0.2, 0.25) is 0 Å². The number of benzene rings is 1. The third kappa shape index (κ3) is 2.70. The third-order valence-corrected chi connectivity index (χ3v) is 3.54. The summed E-state index contributed by atoms with van der Waals surface area (Å²) < 4.78 is 2.07. The smallest absolute Gasteiger partial charge is 0.337 e. The van der Waals surface area contributed by atoms with Crippen LogP contribution in [0, 0.1) is 6.92 Å². The van der Waals surface area contributed by atoms with Gasteiger partial charge in [-0.25, -0.2) is 4.79 Å². The molecule has 20 heavy (non-hydrogen) atoms. The quantitative estimate of drug-likeness (QED) is 0.851. The first-order valence-electron chi connectivity index (χ1n) is 7.14. The fourth-order valence-electron chi connectivity index (χ4n) is 2.73. The van der Waals surface area contributed by atoms with Crippen LogP contribution in [0.1, 0.15) is 41.3 Å². The van der Waals surface area contributed by atoms with E-state index in [4.69, 9.17) is 5.73 Å². The Labute approximate surface area is 119 Å². The molecule has 3 N–H and O–H groups in total. The number of nitrogens with zero attached hydrogens (tertiary/aromatic N) is 1. The highest BCUT2D eigenvalue weighted by atomic mass is 16.4. The topological polar surface area (TPSA) is 68.2 Å². The van der Waals surface area contributed by atoms with Crippen LogP contribution in [-0.2, 0) is 13.0 Å². The van der Waals surface area contributed by atoms with Crippen LogP contribution < -0.4 is 5.73 Å². The Hall–Kier alpha value is -1.81. The zero-order chi connectivity index (χ0) is 14.7. The minimum absolute atomic E-state index is 0.396. The van der Waals surface area contributed by atoms with Crippen molar-refractivity contribution in [3.05, 3.63) is 35.0 Å². The van der Waals surface area contributed by atoms with Crippen molar-refractivity contribution in [1.82, 2.24) is 4.57 Å². The highest BCUT2D eigenvalue weighted by Gasteiger charge is 2.16. The zero-order valence-electron chi connectivity index (χ0n) is 12.1. The summed E-state index contributed by atoms with van der Waals surface area (Å²) in [6.07, 6.45) is 4.89. The van der Waals surface area contributed by atoms with Gasteiger partial charge in [-0.05, 0) is 56.0 Å². The summed E-state index contributed by atoms with van der Waals surface area (Å²) in [5, 5.41) is 10.5. The van der Waals surface area contributed by atoms with E-state index in [-0.39, 0.29) is 0 Å². The van der Waals surface area contributed by atoms with Crippen LogP contribution in [0.4, 0.5) is 0 Å². The molecule has 0 amide bonds. The number of aryl methyl sites for hydroxylation is 3. The van der Waals surface area contributed by atoms with Crippen molar-refractivity contribution >= 4 is 16.9 Å². The fourth-order valence-corrected chi connectivity index (χ4v) is 2.73. The van der Waals surface area contributed by atoms with Gasteiger partial charge < -0.3 is 15.4 Å². The molecule has 0 fully saturated rings. The number of carbonyl (C=O) groups is 1. The lowest BCUT2D eigenvalue weighted by atomic mass is 10.0. The largest absolute Gasteiger partial charge is 0.478 e. The Morgan fingerprint density at radius 3 is 2.75 bits per heavy atom. The molecule has 0 atom stereocenters. The second-order valence-corrected chi connectivity index (χ2v) is 5.25. The van der Waals surface area contributed by atoms with Gasteiger partial charge in [0.15, 0.2) is 0 Å². The number of hydrogen-bond donors (Lipinski definition) is 2. The molecule has 1 aromatic heterocycles. The summed E-state index contributed by atoms with van der Waals surface area (Å²) in [7, 11) is 0. The molecular weight excluding hydrogens is 252 g/mol. The van der Waals surface area contributed by atoms with E-state index in [9.17, 15) is 9.90 Å². The maximum absolute atomic E-state index is 11.5. The second-order valence-electron chi connectivity index (χ2n) is 5.25. The summed E-state index contributed by atoms with van der Waals surface area (Å²) in [6.45, 7) is 5.52. The Kier molecular flexibility index (Phi) is 4.45. The van der Waals surface area contributed by atoms with E-state index in [1.807, 2.05) is 6.92 Å². The fraction of sp³-hybridized carbons (Fsp3) is 0.438. The highest BCUT2D eigenvalue weighted by molar-refractivity contribution is 6.03. The molecule has 0 aliphatic rings. The minimum Gasteiger partial charge on any atom is -0.478 e. The lowest BCUT2D eigenvalue weighted by molar-refractivity contribution is 0.0698. The maximum atomic E-state index is 11.5. The molecule has 0 unspecified atom stereocenters. The van der Waals surface area contributed by atoms with E-state index >= 15 is 0 Å². The first kappa shape index (κ1) is 14.6. The van der Waals surface area contributed by atoms with Crippen molar-refractivity contribution in [2.45, 2.75) is 39.7 Å². The maximum Gasteiger partial charge on any atom is 0.337 e. The molecule has 0 saturated heterocycles. The van der Waals surface area contributed by atoms with Crippen molar-refractivity contribution in [2.75, 3.05) is 6.54 Å². The van der Waals surface area contributed by atoms with Gasteiger partial charge >= 0.3 is 5.97 Å². The number of carboxylic acid groups (broad SMARTS) is 1. The van der Waals surface area contributed by atoms with Crippen LogP contribution in [0.25, 0.3) is 10.9 Å². The van der Waals surface area contributed by atoms with Crippen LogP contribution in [0.5, 0.6) is 0 Å². The molecule has 4 heteroatoms. The van der Waals surface area contributed by atoms with Gasteiger partial charge in [-0.1, -0.05) is 6.92 Å². The predicted octanol–water partition coefficient (Wildman–Crippen LogP) is 2.95. The summed E-state index contributed by atoms with van der Waals surface area (Å²) in [6, 6.07) is 3.84. The van der Waals surface area contributed by atoms with Gasteiger partial charge in [-0.2, -0.15) is 0 Å². The molecular formula is C16H22N2O2. The molecule has 108 valence electrons. The van der Waals surface area contributed by atoms with Gasteiger partial charge in [-0.3, -0.25) is 0 Å². The number of aromatic carboxylic acids is 1. The van der Waals surface area contributed by atoms with Crippen molar-refractivity contribution in [3.8, 4) is 0 Å². The minimum atomic E-state index is -0.862. The monoisotopic (exact) mass is 274 g/mol. The van der Waals surface area contributed by atoms with Crippen molar-refractivity contribution in [3.63, 3.8) is 0 Å². The van der Waals surface area contributed by atoms with Crippen LogP contribution >= 0.6 is 0 Å². The molecule has 0 radical (unpaired) electrons. The number of carboxylic acids is 1. The SMILES string of the molecule is CCCn1cc(CCCN)c2cc(C)cc(C(=O)O)c21. The summed E-state index contributed by atoms with van der Waals surface area (Å²) >= 11 is 0. The summed E-state index contributed by atoms with van der Waals surface area (Å²) in [5.41, 5.74) is 9.02. The Morgan fingerprint density at radius 2 is 2.15 bits per heavy atom. The lowest BCUT2D eigenvalue weighted by Crippen LogP contribution is -2.03. The predicted molar refractivity (Wildman–Crippen MR) is 81.3 cm³/mol. The van der Waals surface area contributed by atoms with Gasteiger partial charge in [-0.15, -0.1) is 0 Å². The van der Waals surface area contributed by atoms with E-state index in [0.717, 1.165) is 42.3 Å². The Morgan fingerprint density at radius 1 is 1.40 bits per heavy atom. The average molecular weight is 274 g/mol. The van der Waals surface area contributed by atoms with E-state index in [1.165, 1.54) is 5.56 Å². The van der Waals surface area contributed by atoms with E-state index in [1.54, 1.807) is 6.07 Å². The van der Waals surface area contributed by atoms with E-state index < -0.39 is 5.97 Å². The van der Waals surface area contributed by atoms with Gasteiger partial charge in [0.1, 0.15) is 0 Å². The molecule has 2 aromatic rings. The van der Waals surface area contributed by atoms with E-state index in [0.29, 0.717) is 12.1 Å².